The molecule has 0 aliphatic rings. The summed E-state index contributed by atoms with van der Waals surface area (Å²) in [7, 11) is 0. The number of para-hydroxylation sites is 3. The summed E-state index contributed by atoms with van der Waals surface area (Å²) in [5.74, 6) is 0.922. The standard InChI is InChI=1S/C43H27N3O/c1-3-10-31(11-4-1)45(32-12-5-2-6-13-32)33-24-22-29(23-25-33)28-18-20-30(21-19-28)43-44-36-26-27-39-41-40-35(15-9-17-38(40)47-39)34-14-7-8-16-37(34)46(43)42(36)41/h1-27H. The minimum atomic E-state index is 0.886. The molecule has 3 aromatic heterocycles. The zero-order chi connectivity index (χ0) is 30.9. The van der Waals surface area contributed by atoms with E-state index in [1.54, 1.807) is 0 Å². The van der Waals surface area contributed by atoms with Gasteiger partial charge in [0, 0.05) is 33.4 Å². The number of aromatic nitrogens is 2. The van der Waals surface area contributed by atoms with Crippen molar-refractivity contribution in [2.24, 2.45) is 0 Å². The van der Waals surface area contributed by atoms with Gasteiger partial charge in [-0.2, -0.15) is 0 Å². The number of benzene rings is 7. The quantitative estimate of drug-likeness (QED) is 0.197. The van der Waals surface area contributed by atoms with Crippen molar-refractivity contribution in [3.63, 3.8) is 0 Å². The molecule has 0 saturated heterocycles. The summed E-state index contributed by atoms with van der Waals surface area (Å²) in [4.78, 5) is 7.51. The summed E-state index contributed by atoms with van der Waals surface area (Å²) < 4.78 is 8.68. The summed E-state index contributed by atoms with van der Waals surface area (Å²) in [5, 5.41) is 4.65. The van der Waals surface area contributed by atoms with Gasteiger partial charge in [-0.3, -0.25) is 4.40 Å². The third kappa shape index (κ3) is 3.92. The fraction of sp³-hybridized carbons (Fsp3) is 0. The lowest BCUT2D eigenvalue weighted by Crippen LogP contribution is -2.09. The molecule has 0 fully saturated rings. The maximum atomic E-state index is 6.35. The summed E-state index contributed by atoms with van der Waals surface area (Å²) >= 11 is 0. The molecule has 47 heavy (non-hydrogen) atoms. The van der Waals surface area contributed by atoms with E-state index >= 15 is 0 Å². The van der Waals surface area contributed by atoms with Crippen LogP contribution in [0, 0.1) is 0 Å². The van der Waals surface area contributed by atoms with Gasteiger partial charge in [-0.25, -0.2) is 4.98 Å². The lowest BCUT2D eigenvalue weighted by Gasteiger charge is -2.25. The van der Waals surface area contributed by atoms with E-state index in [9.17, 15) is 0 Å². The average Bonchev–Trinajstić information content (AvgIpc) is 3.68. The minimum Gasteiger partial charge on any atom is -0.456 e. The van der Waals surface area contributed by atoms with Crippen LogP contribution in [-0.2, 0) is 0 Å². The second-order valence-electron chi connectivity index (χ2n) is 12.0. The first-order valence-electron chi connectivity index (χ1n) is 15.9. The average molecular weight is 602 g/mol. The summed E-state index contributed by atoms with van der Waals surface area (Å²) in [6, 6.07) is 57.7. The molecule has 0 spiro atoms. The molecular weight excluding hydrogens is 574 g/mol. The molecule has 3 heterocycles. The Morgan fingerprint density at radius 3 is 1.74 bits per heavy atom. The van der Waals surface area contributed by atoms with Crippen molar-refractivity contribution in [1.82, 2.24) is 9.38 Å². The van der Waals surface area contributed by atoms with Gasteiger partial charge in [0.05, 0.1) is 21.9 Å². The number of rotatable bonds is 5. The van der Waals surface area contributed by atoms with Crippen LogP contribution < -0.4 is 4.90 Å². The second kappa shape index (κ2) is 10.1. The predicted octanol–water partition coefficient (Wildman–Crippen LogP) is 11.8. The molecule has 0 amide bonds. The Morgan fingerprint density at radius 1 is 0.447 bits per heavy atom. The summed E-state index contributed by atoms with van der Waals surface area (Å²) in [6.45, 7) is 0. The van der Waals surface area contributed by atoms with Crippen molar-refractivity contribution in [3.8, 4) is 22.5 Å². The number of imidazole rings is 1. The van der Waals surface area contributed by atoms with Gasteiger partial charge in [0.2, 0.25) is 0 Å². The SMILES string of the molecule is c1ccc(N(c2ccccc2)c2ccc(-c3ccc(-c4nc5ccc6oc7cccc8c9ccccc9n4c5c6c78)cc3)cc2)cc1. The van der Waals surface area contributed by atoms with Crippen molar-refractivity contribution >= 4 is 66.3 Å². The molecule has 4 heteroatoms. The number of hydrogen-bond donors (Lipinski definition) is 0. The van der Waals surface area contributed by atoms with Crippen LogP contribution in [0.3, 0.4) is 0 Å². The molecule has 0 atom stereocenters. The van der Waals surface area contributed by atoms with Crippen molar-refractivity contribution in [1.29, 1.82) is 0 Å². The Bertz CT molecular complexity index is 2670. The minimum absolute atomic E-state index is 0.886. The monoisotopic (exact) mass is 601 g/mol. The van der Waals surface area contributed by atoms with Gasteiger partial charge < -0.3 is 9.32 Å². The van der Waals surface area contributed by atoms with Crippen LogP contribution in [0.25, 0.3) is 71.8 Å². The number of furan rings is 1. The van der Waals surface area contributed by atoms with Gasteiger partial charge in [-0.1, -0.05) is 103 Å². The Kier molecular flexibility index (Phi) is 5.54. The van der Waals surface area contributed by atoms with Crippen molar-refractivity contribution in [2.75, 3.05) is 4.90 Å². The van der Waals surface area contributed by atoms with Crippen LogP contribution in [0.5, 0.6) is 0 Å². The molecule has 0 aliphatic carbocycles. The predicted molar refractivity (Wildman–Crippen MR) is 194 cm³/mol. The van der Waals surface area contributed by atoms with Gasteiger partial charge in [0.1, 0.15) is 17.0 Å². The highest BCUT2D eigenvalue weighted by molar-refractivity contribution is 6.28. The Hall–Kier alpha value is -6.39. The zero-order valence-corrected chi connectivity index (χ0v) is 25.3. The first-order chi connectivity index (χ1) is 23.3. The van der Waals surface area contributed by atoms with E-state index in [-0.39, 0.29) is 0 Å². The lowest BCUT2D eigenvalue weighted by atomic mass is 10.0. The second-order valence-corrected chi connectivity index (χ2v) is 12.0. The highest BCUT2D eigenvalue weighted by Crippen LogP contribution is 2.43. The van der Waals surface area contributed by atoms with Crippen LogP contribution in [0.2, 0.25) is 0 Å². The lowest BCUT2D eigenvalue weighted by molar-refractivity contribution is 0.669. The number of nitrogens with zero attached hydrogens (tertiary/aromatic N) is 3. The first kappa shape index (κ1) is 25.9. The molecule has 10 aromatic rings. The van der Waals surface area contributed by atoms with Crippen LogP contribution in [0.1, 0.15) is 0 Å². The van der Waals surface area contributed by atoms with Gasteiger partial charge in [-0.15, -0.1) is 0 Å². The van der Waals surface area contributed by atoms with Crippen molar-refractivity contribution < 1.29 is 4.42 Å². The van der Waals surface area contributed by atoms with Gasteiger partial charge in [-0.05, 0) is 77.2 Å². The molecule has 4 nitrogen and oxygen atoms in total. The molecule has 7 aromatic carbocycles. The summed E-state index contributed by atoms with van der Waals surface area (Å²) in [5.41, 5.74) is 11.7. The maximum absolute atomic E-state index is 6.35. The van der Waals surface area contributed by atoms with Crippen LogP contribution in [0.4, 0.5) is 17.1 Å². The van der Waals surface area contributed by atoms with Crippen molar-refractivity contribution in [2.45, 2.75) is 0 Å². The molecule has 0 aliphatic heterocycles. The molecule has 0 unspecified atom stereocenters. The molecule has 0 N–H and O–H groups in total. The van der Waals surface area contributed by atoms with E-state index in [1.807, 2.05) is 0 Å². The Morgan fingerprint density at radius 2 is 1.02 bits per heavy atom. The topological polar surface area (TPSA) is 33.7 Å². The maximum Gasteiger partial charge on any atom is 0.145 e. The van der Waals surface area contributed by atoms with E-state index in [4.69, 9.17) is 9.40 Å². The Balaban J connectivity index is 1.09. The molecule has 0 saturated carbocycles. The zero-order valence-electron chi connectivity index (χ0n) is 25.3. The van der Waals surface area contributed by atoms with Gasteiger partial charge in [0.15, 0.2) is 0 Å². The van der Waals surface area contributed by atoms with E-state index in [1.165, 1.54) is 10.8 Å². The molecule has 220 valence electrons. The van der Waals surface area contributed by atoms with E-state index in [0.717, 1.165) is 78.1 Å². The number of anilines is 3. The van der Waals surface area contributed by atoms with Gasteiger partial charge >= 0.3 is 0 Å². The fourth-order valence-corrected chi connectivity index (χ4v) is 7.23. The highest BCUT2D eigenvalue weighted by atomic mass is 16.3. The number of hydrogen-bond acceptors (Lipinski definition) is 3. The first-order valence-corrected chi connectivity index (χ1v) is 15.9. The van der Waals surface area contributed by atoms with Crippen LogP contribution >= 0.6 is 0 Å². The molecule has 0 radical (unpaired) electrons. The van der Waals surface area contributed by atoms with E-state index in [2.05, 4.69) is 173 Å². The Labute approximate surface area is 270 Å². The normalized spacial score (nSPS) is 11.8. The summed E-state index contributed by atoms with van der Waals surface area (Å²) in [6.07, 6.45) is 0. The van der Waals surface area contributed by atoms with E-state index in [0.29, 0.717) is 0 Å². The highest BCUT2D eigenvalue weighted by Gasteiger charge is 2.22. The van der Waals surface area contributed by atoms with Crippen LogP contribution in [0.15, 0.2) is 168 Å². The largest absolute Gasteiger partial charge is 0.456 e. The van der Waals surface area contributed by atoms with Crippen LogP contribution in [-0.4, -0.2) is 9.38 Å². The van der Waals surface area contributed by atoms with Gasteiger partial charge in [0.25, 0.3) is 0 Å². The third-order valence-corrected chi connectivity index (χ3v) is 9.34. The van der Waals surface area contributed by atoms with Crippen molar-refractivity contribution in [3.05, 3.63) is 164 Å². The third-order valence-electron chi connectivity index (χ3n) is 9.34. The molecular formula is C43H27N3O. The van der Waals surface area contributed by atoms with E-state index < -0.39 is 0 Å². The fourth-order valence-electron chi connectivity index (χ4n) is 7.23. The smallest absolute Gasteiger partial charge is 0.145 e. The molecule has 0 bridgehead atoms. The number of fused-ring (bicyclic) bond motifs is 3. The molecule has 10 rings (SSSR count).